The van der Waals surface area contributed by atoms with Gasteiger partial charge in [-0.15, -0.1) is 0 Å². The number of nitrogens with one attached hydrogen (secondary N) is 1. The van der Waals surface area contributed by atoms with Crippen LogP contribution in [0.15, 0.2) is 0 Å². The molecule has 0 aromatic heterocycles. The predicted octanol–water partition coefficient (Wildman–Crippen LogP) is 0.103. The third-order valence-corrected chi connectivity index (χ3v) is 4.94. The second-order valence-electron chi connectivity index (χ2n) is 4.78. The van der Waals surface area contributed by atoms with Crippen molar-refractivity contribution in [2.45, 2.75) is 31.9 Å². The Kier molecular flexibility index (Phi) is 4.73. The van der Waals surface area contributed by atoms with E-state index < -0.39 is 15.3 Å². The van der Waals surface area contributed by atoms with Gasteiger partial charge in [0.05, 0.1) is 11.9 Å². The van der Waals surface area contributed by atoms with Gasteiger partial charge in [0.15, 0.2) is 0 Å². The van der Waals surface area contributed by atoms with Crippen molar-refractivity contribution in [2.75, 3.05) is 26.4 Å². The van der Waals surface area contributed by atoms with Crippen LogP contribution in [-0.2, 0) is 14.8 Å². The van der Waals surface area contributed by atoms with Gasteiger partial charge in [0.2, 0.25) is 10.0 Å². The van der Waals surface area contributed by atoms with Gasteiger partial charge in [-0.2, -0.15) is 0 Å². The van der Waals surface area contributed by atoms with Gasteiger partial charge < -0.3 is 9.84 Å². The number of hydrogen-bond donors (Lipinski definition) is 2. The molecular formula is C10H21NO4S. The summed E-state index contributed by atoms with van der Waals surface area (Å²) in [4.78, 5) is 0. The van der Waals surface area contributed by atoms with Crippen molar-refractivity contribution >= 4 is 10.0 Å². The normalized spacial score (nSPS) is 22.9. The van der Waals surface area contributed by atoms with E-state index in [-0.39, 0.29) is 12.0 Å². The van der Waals surface area contributed by atoms with E-state index >= 15 is 0 Å². The van der Waals surface area contributed by atoms with E-state index in [0.717, 1.165) is 12.8 Å². The Balaban J connectivity index is 2.50. The summed E-state index contributed by atoms with van der Waals surface area (Å²) in [6, 6.07) is 0. The second kappa shape index (κ2) is 5.44. The van der Waals surface area contributed by atoms with Gasteiger partial charge in [-0.3, -0.25) is 0 Å². The minimum absolute atomic E-state index is 0.0273. The lowest BCUT2D eigenvalue weighted by molar-refractivity contribution is 0.0264. The minimum atomic E-state index is -3.39. The molecule has 1 aliphatic rings. The van der Waals surface area contributed by atoms with Crippen LogP contribution < -0.4 is 4.72 Å². The average Bonchev–Trinajstić information content (AvgIpc) is 2.27. The summed E-state index contributed by atoms with van der Waals surface area (Å²) >= 11 is 0. The van der Waals surface area contributed by atoms with E-state index in [4.69, 9.17) is 9.84 Å². The lowest BCUT2D eigenvalue weighted by atomic mass is 9.83. The quantitative estimate of drug-likeness (QED) is 0.727. The zero-order valence-electron chi connectivity index (χ0n) is 9.90. The first kappa shape index (κ1) is 13.9. The molecule has 0 amide bonds. The molecule has 0 spiro atoms. The van der Waals surface area contributed by atoms with Gasteiger partial charge in [-0.1, -0.05) is 6.92 Å². The smallest absolute Gasteiger partial charge is 0.216 e. The monoisotopic (exact) mass is 251 g/mol. The highest BCUT2D eigenvalue weighted by molar-refractivity contribution is 7.90. The van der Waals surface area contributed by atoms with Crippen molar-refractivity contribution in [3.8, 4) is 0 Å². The maximum absolute atomic E-state index is 11.6. The zero-order valence-corrected chi connectivity index (χ0v) is 10.7. The summed E-state index contributed by atoms with van der Waals surface area (Å²) in [5.74, 6) is 0. The minimum Gasteiger partial charge on any atom is -0.395 e. The van der Waals surface area contributed by atoms with Gasteiger partial charge in [-0.05, 0) is 25.2 Å². The summed E-state index contributed by atoms with van der Waals surface area (Å²) in [5.41, 5.74) is -0.0273. The highest BCUT2D eigenvalue weighted by atomic mass is 32.2. The molecule has 0 saturated carbocycles. The average molecular weight is 251 g/mol. The van der Waals surface area contributed by atoms with E-state index in [9.17, 15) is 8.42 Å². The van der Waals surface area contributed by atoms with Crippen molar-refractivity contribution in [1.82, 2.24) is 4.72 Å². The molecule has 1 rings (SSSR count). The van der Waals surface area contributed by atoms with Gasteiger partial charge >= 0.3 is 0 Å². The number of ether oxygens (including phenoxy) is 1. The van der Waals surface area contributed by atoms with Crippen LogP contribution in [0.3, 0.4) is 0 Å². The third kappa shape index (κ3) is 3.69. The van der Waals surface area contributed by atoms with E-state index in [1.165, 1.54) is 6.92 Å². The Labute approximate surface area is 97.2 Å². The predicted molar refractivity (Wildman–Crippen MR) is 61.6 cm³/mol. The fraction of sp³-hybridized carbons (Fsp3) is 1.00. The lowest BCUT2D eigenvalue weighted by Crippen LogP contribution is -2.43. The number of hydrogen-bond acceptors (Lipinski definition) is 4. The van der Waals surface area contributed by atoms with Crippen LogP contribution in [0, 0.1) is 5.41 Å². The fourth-order valence-electron chi connectivity index (χ4n) is 1.56. The first-order valence-electron chi connectivity index (χ1n) is 5.57. The van der Waals surface area contributed by atoms with Crippen LogP contribution in [0.4, 0.5) is 0 Å². The van der Waals surface area contributed by atoms with Gasteiger partial charge in [-0.25, -0.2) is 13.1 Å². The molecule has 2 N–H and O–H groups in total. The molecule has 1 fully saturated rings. The maximum Gasteiger partial charge on any atom is 0.216 e. The van der Waals surface area contributed by atoms with E-state index in [2.05, 4.69) is 11.6 Å². The Bertz CT molecular complexity index is 309. The van der Waals surface area contributed by atoms with Crippen molar-refractivity contribution in [3.05, 3.63) is 0 Å². The number of aliphatic hydroxyl groups is 1. The third-order valence-electron chi connectivity index (χ3n) is 3.19. The van der Waals surface area contributed by atoms with Crippen molar-refractivity contribution in [3.63, 3.8) is 0 Å². The van der Waals surface area contributed by atoms with Gasteiger partial charge in [0, 0.05) is 19.8 Å². The highest BCUT2D eigenvalue weighted by Crippen LogP contribution is 2.28. The summed E-state index contributed by atoms with van der Waals surface area (Å²) in [7, 11) is -3.39. The largest absolute Gasteiger partial charge is 0.395 e. The molecule has 1 unspecified atom stereocenters. The molecule has 0 aromatic rings. The SMILES string of the molecule is CC(CO)S(=O)(=O)NCC1(C)CCOCC1. The Morgan fingerprint density at radius 2 is 2.00 bits per heavy atom. The molecule has 1 atom stereocenters. The summed E-state index contributed by atoms with van der Waals surface area (Å²) < 4.78 is 31.1. The fourth-order valence-corrected chi connectivity index (χ4v) is 2.59. The van der Waals surface area contributed by atoms with E-state index in [1.54, 1.807) is 0 Å². The number of sulfonamides is 1. The highest BCUT2D eigenvalue weighted by Gasteiger charge is 2.30. The summed E-state index contributed by atoms with van der Waals surface area (Å²) in [6.45, 7) is 5.00. The van der Waals surface area contributed by atoms with Crippen molar-refractivity contribution < 1.29 is 18.3 Å². The number of aliphatic hydroxyl groups excluding tert-OH is 1. The van der Waals surface area contributed by atoms with Crippen LogP contribution in [0.5, 0.6) is 0 Å². The zero-order chi connectivity index (χ0) is 12.2. The second-order valence-corrected chi connectivity index (χ2v) is 6.97. The molecule has 96 valence electrons. The molecule has 0 aromatic carbocycles. The van der Waals surface area contributed by atoms with Crippen LogP contribution >= 0.6 is 0 Å². The molecule has 6 heteroatoms. The van der Waals surface area contributed by atoms with Crippen molar-refractivity contribution in [2.24, 2.45) is 5.41 Å². The molecule has 1 aliphatic heterocycles. The summed E-state index contributed by atoms with van der Waals surface area (Å²) in [6.07, 6.45) is 1.73. The lowest BCUT2D eigenvalue weighted by Gasteiger charge is -2.33. The Morgan fingerprint density at radius 1 is 1.44 bits per heavy atom. The standard InChI is InChI=1S/C10H21NO4S/c1-9(7-12)16(13,14)11-8-10(2)3-5-15-6-4-10/h9,11-12H,3-8H2,1-2H3. The molecule has 16 heavy (non-hydrogen) atoms. The molecular weight excluding hydrogens is 230 g/mol. The first-order chi connectivity index (χ1) is 7.40. The molecule has 0 radical (unpaired) electrons. The molecule has 5 nitrogen and oxygen atoms in total. The van der Waals surface area contributed by atoms with Crippen LogP contribution in [0.1, 0.15) is 26.7 Å². The van der Waals surface area contributed by atoms with E-state index in [1.807, 2.05) is 0 Å². The Morgan fingerprint density at radius 3 is 2.50 bits per heavy atom. The molecule has 1 saturated heterocycles. The molecule has 0 aliphatic carbocycles. The number of rotatable bonds is 5. The maximum atomic E-state index is 11.6. The van der Waals surface area contributed by atoms with Gasteiger partial charge in [0.25, 0.3) is 0 Å². The molecule has 0 bridgehead atoms. The Hall–Kier alpha value is -0.170. The van der Waals surface area contributed by atoms with Crippen LogP contribution in [0.2, 0.25) is 0 Å². The van der Waals surface area contributed by atoms with Crippen molar-refractivity contribution in [1.29, 1.82) is 0 Å². The van der Waals surface area contributed by atoms with Gasteiger partial charge in [0.1, 0.15) is 0 Å². The molecule has 1 heterocycles. The summed E-state index contributed by atoms with van der Waals surface area (Å²) in [5, 5.41) is 8.08. The van der Waals surface area contributed by atoms with Crippen LogP contribution in [0.25, 0.3) is 0 Å². The first-order valence-corrected chi connectivity index (χ1v) is 7.11. The topological polar surface area (TPSA) is 75.6 Å². The van der Waals surface area contributed by atoms with Crippen LogP contribution in [-0.4, -0.2) is 45.1 Å². The van der Waals surface area contributed by atoms with E-state index in [0.29, 0.717) is 19.8 Å².